The number of aliphatic hydroxyl groups is 3. The highest BCUT2D eigenvalue weighted by Gasteiger charge is 2.65. The van der Waals surface area contributed by atoms with Gasteiger partial charge in [0.05, 0.1) is 12.2 Å². The zero-order valence-corrected chi connectivity index (χ0v) is 14.8. The lowest BCUT2D eigenvalue weighted by Crippen LogP contribution is -2.58. The highest BCUT2D eigenvalue weighted by Crippen LogP contribution is 2.67. The fourth-order valence-electron chi connectivity index (χ4n) is 6.93. The second-order valence-electron chi connectivity index (χ2n) is 9.28. The van der Waals surface area contributed by atoms with E-state index >= 15 is 0 Å². The summed E-state index contributed by atoms with van der Waals surface area (Å²) in [7, 11) is 0. The van der Waals surface area contributed by atoms with Gasteiger partial charge in [-0.2, -0.15) is 0 Å². The summed E-state index contributed by atoms with van der Waals surface area (Å²) in [5.74, 6) is 3.62. The molecule has 24 heavy (non-hydrogen) atoms. The molecule has 0 spiro atoms. The van der Waals surface area contributed by atoms with Crippen LogP contribution in [0.3, 0.4) is 0 Å². The van der Waals surface area contributed by atoms with E-state index in [-0.39, 0.29) is 34.9 Å². The average Bonchev–Trinajstić information content (AvgIpc) is 2.82. The summed E-state index contributed by atoms with van der Waals surface area (Å²) >= 11 is 0. The van der Waals surface area contributed by atoms with Crippen LogP contribution < -0.4 is 0 Å². The number of hydrogen-bond donors (Lipinski definition) is 3. The fraction of sp³-hybridized carbons (Fsp3) is 0.810. The van der Waals surface area contributed by atoms with Gasteiger partial charge in [0.2, 0.25) is 0 Å². The van der Waals surface area contributed by atoms with Gasteiger partial charge in [-0.3, -0.25) is 0 Å². The van der Waals surface area contributed by atoms with E-state index in [2.05, 4.69) is 19.8 Å². The number of rotatable bonds is 0. The molecular formula is C21H30O3. The first-order valence-electron chi connectivity index (χ1n) is 9.53. The van der Waals surface area contributed by atoms with Crippen LogP contribution in [0.15, 0.2) is 11.6 Å². The maximum atomic E-state index is 11.0. The molecule has 0 bridgehead atoms. The molecule has 0 radical (unpaired) electrons. The molecular weight excluding hydrogens is 300 g/mol. The standard InChI is InChI=1S/C21H30O3/c1-4-21(24)10-7-16-18-15(6-9-20(16,21)3)19(2)8-5-14(22)11-13(19)12-17(18)23/h1,11,14-18,22-24H,5-10,12H2,2-3H3/t14-,15+,16+,17+,18-,19+,20+,21+/m1/s1. The summed E-state index contributed by atoms with van der Waals surface area (Å²) in [5, 5.41) is 32.0. The SMILES string of the molecule is C#C[C@]1(O)CC[C@H]2[C@@H]3[C@@H](O)CC4=C[C@H](O)CC[C@]4(C)[C@H]3CC[C@@]21C. The molecule has 3 nitrogen and oxygen atoms in total. The van der Waals surface area contributed by atoms with Crippen LogP contribution in [0.25, 0.3) is 0 Å². The summed E-state index contributed by atoms with van der Waals surface area (Å²) in [5.41, 5.74) is 0.0304. The molecule has 8 atom stereocenters. The van der Waals surface area contributed by atoms with E-state index in [0.29, 0.717) is 18.8 Å². The molecule has 3 N–H and O–H groups in total. The molecule has 0 unspecified atom stereocenters. The Kier molecular flexibility index (Phi) is 3.53. The molecule has 0 aromatic rings. The van der Waals surface area contributed by atoms with Gasteiger partial charge in [0.1, 0.15) is 5.60 Å². The molecule has 0 aliphatic heterocycles. The summed E-state index contributed by atoms with van der Waals surface area (Å²) in [4.78, 5) is 0. The van der Waals surface area contributed by atoms with Gasteiger partial charge in [0, 0.05) is 5.41 Å². The third kappa shape index (κ3) is 1.91. The highest BCUT2D eigenvalue weighted by molar-refractivity contribution is 5.29. The van der Waals surface area contributed by atoms with E-state index < -0.39 is 5.60 Å². The van der Waals surface area contributed by atoms with Crippen molar-refractivity contribution in [2.75, 3.05) is 0 Å². The first-order valence-corrected chi connectivity index (χ1v) is 9.53. The predicted molar refractivity (Wildman–Crippen MR) is 92.9 cm³/mol. The minimum atomic E-state index is -1.03. The molecule has 0 heterocycles. The van der Waals surface area contributed by atoms with Crippen molar-refractivity contribution < 1.29 is 15.3 Å². The lowest BCUT2D eigenvalue weighted by atomic mass is 9.45. The fourth-order valence-corrected chi connectivity index (χ4v) is 6.93. The Bertz CT molecular complexity index is 619. The second kappa shape index (κ2) is 5.10. The Hall–Kier alpha value is -0.820. The second-order valence-corrected chi connectivity index (χ2v) is 9.28. The molecule has 0 amide bonds. The smallest absolute Gasteiger partial charge is 0.130 e. The van der Waals surface area contributed by atoms with Crippen LogP contribution in [0.2, 0.25) is 0 Å². The first kappa shape index (κ1) is 16.6. The van der Waals surface area contributed by atoms with E-state index in [0.717, 1.165) is 32.1 Å². The Morgan fingerprint density at radius 3 is 2.50 bits per heavy atom. The van der Waals surface area contributed by atoms with E-state index in [4.69, 9.17) is 6.42 Å². The first-order chi connectivity index (χ1) is 11.2. The van der Waals surface area contributed by atoms with Gasteiger partial charge in [-0.05, 0) is 68.1 Å². The van der Waals surface area contributed by atoms with Crippen molar-refractivity contribution in [2.24, 2.45) is 28.6 Å². The third-order valence-electron chi connectivity index (χ3n) is 8.50. The van der Waals surface area contributed by atoms with Crippen molar-refractivity contribution in [1.82, 2.24) is 0 Å². The van der Waals surface area contributed by atoms with Gasteiger partial charge in [-0.15, -0.1) is 6.42 Å². The van der Waals surface area contributed by atoms with Crippen molar-refractivity contribution in [1.29, 1.82) is 0 Å². The van der Waals surface area contributed by atoms with Crippen molar-refractivity contribution in [2.45, 2.75) is 76.6 Å². The third-order valence-corrected chi connectivity index (χ3v) is 8.50. The normalized spacial score (nSPS) is 56.5. The van der Waals surface area contributed by atoms with Crippen molar-refractivity contribution >= 4 is 0 Å². The molecule has 4 rings (SSSR count). The van der Waals surface area contributed by atoms with Crippen molar-refractivity contribution in [3.8, 4) is 12.3 Å². The molecule has 4 aliphatic carbocycles. The highest BCUT2D eigenvalue weighted by atomic mass is 16.3. The van der Waals surface area contributed by atoms with E-state index in [9.17, 15) is 15.3 Å². The molecule has 0 aromatic carbocycles. The van der Waals surface area contributed by atoms with Crippen LogP contribution in [0, 0.1) is 40.9 Å². The van der Waals surface area contributed by atoms with Gasteiger partial charge < -0.3 is 15.3 Å². The lowest BCUT2D eigenvalue weighted by Gasteiger charge is -2.60. The van der Waals surface area contributed by atoms with Crippen molar-refractivity contribution in [3.63, 3.8) is 0 Å². The molecule has 3 saturated carbocycles. The Morgan fingerprint density at radius 2 is 1.79 bits per heavy atom. The zero-order chi connectivity index (χ0) is 17.3. The van der Waals surface area contributed by atoms with Gasteiger partial charge >= 0.3 is 0 Å². The molecule has 0 aromatic heterocycles. The largest absolute Gasteiger partial charge is 0.392 e. The van der Waals surface area contributed by atoms with Gasteiger partial charge in [0.15, 0.2) is 0 Å². The van der Waals surface area contributed by atoms with E-state index in [1.54, 1.807) is 0 Å². The number of aliphatic hydroxyl groups excluding tert-OH is 2. The molecule has 3 heteroatoms. The summed E-state index contributed by atoms with van der Waals surface area (Å²) in [6.07, 6.45) is 12.9. The van der Waals surface area contributed by atoms with Crippen LogP contribution in [0.5, 0.6) is 0 Å². The summed E-state index contributed by atoms with van der Waals surface area (Å²) < 4.78 is 0. The molecule has 4 aliphatic rings. The lowest BCUT2D eigenvalue weighted by molar-refractivity contribution is -0.136. The Balaban J connectivity index is 1.74. The zero-order valence-electron chi connectivity index (χ0n) is 14.8. The summed E-state index contributed by atoms with van der Waals surface area (Å²) in [6.45, 7) is 4.48. The molecule has 3 fully saturated rings. The number of terminal acetylenes is 1. The van der Waals surface area contributed by atoms with Crippen LogP contribution in [-0.4, -0.2) is 33.1 Å². The molecule has 0 saturated heterocycles. The van der Waals surface area contributed by atoms with Gasteiger partial charge in [-0.1, -0.05) is 31.4 Å². The van der Waals surface area contributed by atoms with Crippen LogP contribution >= 0.6 is 0 Å². The Labute approximate surface area is 145 Å². The van der Waals surface area contributed by atoms with E-state index in [1.807, 2.05) is 6.08 Å². The van der Waals surface area contributed by atoms with Crippen LogP contribution in [-0.2, 0) is 0 Å². The maximum absolute atomic E-state index is 11.0. The predicted octanol–water partition coefficient (Wildman–Crippen LogP) is 2.65. The number of fused-ring (bicyclic) bond motifs is 5. The molecule has 132 valence electrons. The van der Waals surface area contributed by atoms with Gasteiger partial charge in [0.25, 0.3) is 0 Å². The van der Waals surface area contributed by atoms with Crippen molar-refractivity contribution in [3.05, 3.63) is 11.6 Å². The quantitative estimate of drug-likeness (QED) is 0.473. The minimum absolute atomic E-state index is 0.0846. The number of hydrogen-bond acceptors (Lipinski definition) is 3. The maximum Gasteiger partial charge on any atom is 0.130 e. The average molecular weight is 330 g/mol. The van der Waals surface area contributed by atoms with Crippen LogP contribution in [0.1, 0.15) is 58.8 Å². The van der Waals surface area contributed by atoms with Crippen LogP contribution in [0.4, 0.5) is 0 Å². The summed E-state index contributed by atoms with van der Waals surface area (Å²) in [6, 6.07) is 0. The van der Waals surface area contributed by atoms with E-state index in [1.165, 1.54) is 5.57 Å². The van der Waals surface area contributed by atoms with Gasteiger partial charge in [-0.25, -0.2) is 0 Å². The topological polar surface area (TPSA) is 60.7 Å². The monoisotopic (exact) mass is 330 g/mol. The minimum Gasteiger partial charge on any atom is -0.392 e. The Morgan fingerprint density at radius 1 is 1.08 bits per heavy atom.